The molecule has 1 aromatic carbocycles. The monoisotopic (exact) mass is 261 g/mol. The number of nitro benzene ring substituents is 1. The van der Waals surface area contributed by atoms with Crippen molar-refractivity contribution in [3.63, 3.8) is 0 Å². The molecule has 2 heterocycles. The number of nitro groups is 1. The van der Waals surface area contributed by atoms with E-state index in [2.05, 4.69) is 23.6 Å². The number of nitrogens with zero attached hydrogens (tertiary/aromatic N) is 3. The van der Waals surface area contributed by atoms with Crippen molar-refractivity contribution >= 4 is 11.4 Å². The lowest BCUT2D eigenvalue weighted by molar-refractivity contribution is -0.384. The van der Waals surface area contributed by atoms with Gasteiger partial charge in [-0.3, -0.25) is 15.0 Å². The van der Waals surface area contributed by atoms with Crippen molar-refractivity contribution in [3.05, 3.63) is 34.4 Å². The van der Waals surface area contributed by atoms with Gasteiger partial charge in [-0.25, -0.2) is 0 Å². The van der Waals surface area contributed by atoms with E-state index in [0.717, 1.165) is 18.8 Å². The highest BCUT2D eigenvalue weighted by atomic mass is 16.6. The fraction of sp³-hybridized carbons (Fsp3) is 0.571. The molecule has 0 saturated carbocycles. The first-order valence-electron chi connectivity index (χ1n) is 6.83. The Morgan fingerprint density at radius 3 is 2.37 bits per heavy atom. The first-order valence-corrected chi connectivity index (χ1v) is 6.83. The van der Waals surface area contributed by atoms with Crippen LogP contribution >= 0.6 is 0 Å². The van der Waals surface area contributed by atoms with Gasteiger partial charge in [0.25, 0.3) is 5.69 Å². The summed E-state index contributed by atoms with van der Waals surface area (Å²) in [4.78, 5) is 15.3. The average molecular weight is 261 g/mol. The highest BCUT2D eigenvalue weighted by Crippen LogP contribution is 2.35. The topological polar surface area (TPSA) is 49.6 Å². The van der Waals surface area contributed by atoms with Crippen LogP contribution in [0.3, 0.4) is 0 Å². The number of rotatable bonds is 3. The lowest BCUT2D eigenvalue weighted by atomic mass is 10.2. The molecule has 19 heavy (non-hydrogen) atoms. The number of fused-ring (bicyclic) bond motifs is 2. The largest absolute Gasteiger partial charge is 0.366 e. The smallest absolute Gasteiger partial charge is 0.269 e. The number of piperazine rings is 1. The minimum Gasteiger partial charge on any atom is -0.366 e. The Bertz CT molecular complexity index is 486. The van der Waals surface area contributed by atoms with Gasteiger partial charge in [-0.1, -0.05) is 0 Å². The van der Waals surface area contributed by atoms with Crippen LogP contribution in [0.25, 0.3) is 0 Å². The molecule has 2 fully saturated rings. The van der Waals surface area contributed by atoms with Gasteiger partial charge >= 0.3 is 0 Å². The van der Waals surface area contributed by atoms with Crippen LogP contribution in [-0.4, -0.2) is 41.0 Å². The van der Waals surface area contributed by atoms with Crippen molar-refractivity contribution in [1.29, 1.82) is 0 Å². The summed E-state index contributed by atoms with van der Waals surface area (Å²) in [5, 5.41) is 10.7. The number of non-ortho nitro benzene ring substituents is 1. The molecule has 2 saturated heterocycles. The Balaban J connectivity index is 1.74. The molecule has 0 N–H and O–H groups in total. The fourth-order valence-electron chi connectivity index (χ4n) is 3.41. The molecular formula is C14H19N3O2. The first-order chi connectivity index (χ1) is 9.06. The second kappa shape index (κ2) is 4.49. The number of anilines is 1. The van der Waals surface area contributed by atoms with Crippen molar-refractivity contribution in [2.75, 3.05) is 18.0 Å². The van der Waals surface area contributed by atoms with Gasteiger partial charge in [0.2, 0.25) is 0 Å². The van der Waals surface area contributed by atoms with E-state index in [4.69, 9.17) is 0 Å². The zero-order chi connectivity index (χ0) is 13.6. The zero-order valence-electron chi connectivity index (χ0n) is 11.3. The molecule has 3 rings (SSSR count). The van der Waals surface area contributed by atoms with Gasteiger partial charge in [-0.2, -0.15) is 0 Å². The normalized spacial score (nSPS) is 26.4. The van der Waals surface area contributed by atoms with Gasteiger partial charge in [0, 0.05) is 49.0 Å². The quantitative estimate of drug-likeness (QED) is 0.618. The van der Waals surface area contributed by atoms with E-state index in [0.29, 0.717) is 18.1 Å². The Hall–Kier alpha value is -1.62. The molecule has 0 spiro atoms. The molecule has 0 aliphatic carbocycles. The van der Waals surface area contributed by atoms with Crippen LogP contribution in [0.4, 0.5) is 11.4 Å². The molecule has 2 aliphatic rings. The Morgan fingerprint density at radius 2 is 1.89 bits per heavy atom. The zero-order valence-corrected chi connectivity index (χ0v) is 11.3. The van der Waals surface area contributed by atoms with Gasteiger partial charge in [-0.05, 0) is 32.4 Å². The molecule has 5 nitrogen and oxygen atoms in total. The van der Waals surface area contributed by atoms with Crippen molar-refractivity contribution in [2.24, 2.45) is 0 Å². The third-order valence-corrected chi connectivity index (χ3v) is 4.34. The minimum absolute atomic E-state index is 0.164. The number of hydrogen-bond donors (Lipinski definition) is 0. The summed E-state index contributed by atoms with van der Waals surface area (Å²) < 4.78 is 0. The van der Waals surface area contributed by atoms with Gasteiger partial charge in [-0.15, -0.1) is 0 Å². The fourth-order valence-corrected chi connectivity index (χ4v) is 3.41. The number of likely N-dealkylation sites (tertiary alicyclic amines) is 1. The highest BCUT2D eigenvalue weighted by Gasteiger charge is 2.43. The van der Waals surface area contributed by atoms with Crippen molar-refractivity contribution in [3.8, 4) is 0 Å². The third-order valence-electron chi connectivity index (χ3n) is 4.34. The molecule has 2 aliphatic heterocycles. The van der Waals surface area contributed by atoms with E-state index in [1.165, 1.54) is 6.42 Å². The third kappa shape index (κ3) is 2.08. The highest BCUT2D eigenvalue weighted by molar-refractivity contribution is 5.53. The molecule has 0 aromatic heterocycles. The summed E-state index contributed by atoms with van der Waals surface area (Å²) in [6, 6.07) is 8.75. The van der Waals surface area contributed by atoms with E-state index in [1.807, 2.05) is 12.1 Å². The van der Waals surface area contributed by atoms with Crippen molar-refractivity contribution < 1.29 is 4.92 Å². The van der Waals surface area contributed by atoms with Crippen molar-refractivity contribution in [2.45, 2.75) is 38.4 Å². The van der Waals surface area contributed by atoms with E-state index >= 15 is 0 Å². The van der Waals surface area contributed by atoms with Gasteiger partial charge < -0.3 is 4.90 Å². The molecule has 0 unspecified atom stereocenters. The van der Waals surface area contributed by atoms with E-state index in [9.17, 15) is 10.1 Å². The lowest BCUT2D eigenvalue weighted by Gasteiger charge is -2.37. The maximum absolute atomic E-state index is 10.7. The number of benzene rings is 1. The predicted molar refractivity (Wildman–Crippen MR) is 74.5 cm³/mol. The summed E-state index contributed by atoms with van der Waals surface area (Å²) in [7, 11) is 0. The van der Waals surface area contributed by atoms with Gasteiger partial charge in [0.15, 0.2) is 0 Å². The molecule has 1 aromatic rings. The molecule has 2 atom stereocenters. The first kappa shape index (κ1) is 12.4. The SMILES string of the molecule is CC(C)N1C[C@@H]2C[C@H]1CN2c1ccc([N+](=O)[O-])cc1. The summed E-state index contributed by atoms with van der Waals surface area (Å²) in [5.74, 6) is 0. The van der Waals surface area contributed by atoms with E-state index in [1.54, 1.807) is 12.1 Å². The Kier molecular flexibility index (Phi) is 2.93. The van der Waals surface area contributed by atoms with E-state index < -0.39 is 0 Å². The predicted octanol–water partition coefficient (Wildman–Crippen LogP) is 2.27. The molecule has 102 valence electrons. The van der Waals surface area contributed by atoms with Crippen LogP contribution in [-0.2, 0) is 0 Å². The average Bonchev–Trinajstić information content (AvgIpc) is 2.98. The van der Waals surface area contributed by atoms with Crippen LogP contribution < -0.4 is 4.90 Å². The minimum atomic E-state index is -0.347. The van der Waals surface area contributed by atoms with Crippen LogP contribution in [0.5, 0.6) is 0 Å². The second-order valence-corrected chi connectivity index (χ2v) is 5.76. The molecular weight excluding hydrogens is 242 g/mol. The van der Waals surface area contributed by atoms with E-state index in [-0.39, 0.29) is 10.6 Å². The van der Waals surface area contributed by atoms with Crippen LogP contribution in [0.1, 0.15) is 20.3 Å². The molecule has 0 radical (unpaired) electrons. The summed E-state index contributed by atoms with van der Waals surface area (Å²) in [6.07, 6.45) is 1.22. The van der Waals surface area contributed by atoms with Gasteiger partial charge in [0.1, 0.15) is 0 Å². The Labute approximate surface area is 113 Å². The maximum Gasteiger partial charge on any atom is 0.269 e. The van der Waals surface area contributed by atoms with Crippen LogP contribution in [0, 0.1) is 10.1 Å². The lowest BCUT2D eigenvalue weighted by Crippen LogP contribution is -2.48. The molecule has 2 bridgehead atoms. The van der Waals surface area contributed by atoms with Gasteiger partial charge in [0.05, 0.1) is 4.92 Å². The maximum atomic E-state index is 10.7. The standard InChI is InChI=1S/C14H19N3O2/c1-10(2)15-8-14-7-13(15)9-16(14)11-3-5-12(6-4-11)17(18)19/h3-6,10,13-14H,7-9H2,1-2H3/t13-,14-/m0/s1. The van der Waals surface area contributed by atoms with Crippen LogP contribution in [0.2, 0.25) is 0 Å². The summed E-state index contributed by atoms with van der Waals surface area (Å²) in [5.41, 5.74) is 1.28. The Morgan fingerprint density at radius 1 is 1.21 bits per heavy atom. The summed E-state index contributed by atoms with van der Waals surface area (Å²) >= 11 is 0. The molecule has 0 amide bonds. The second-order valence-electron chi connectivity index (χ2n) is 5.76. The number of hydrogen-bond acceptors (Lipinski definition) is 4. The van der Waals surface area contributed by atoms with Crippen molar-refractivity contribution in [1.82, 2.24) is 4.90 Å². The molecule has 5 heteroatoms. The summed E-state index contributed by atoms with van der Waals surface area (Å²) in [6.45, 7) is 6.65. The van der Waals surface area contributed by atoms with Crippen LogP contribution in [0.15, 0.2) is 24.3 Å².